The van der Waals surface area contributed by atoms with Crippen LogP contribution in [-0.2, 0) is 16.0 Å². The van der Waals surface area contributed by atoms with Crippen LogP contribution in [0.4, 0.5) is 24.8 Å². The molecular weight excluding hydrogens is 485 g/mol. The SMILES string of the molecule is CC(C)[C@@H]1CN(c2cccc(S(C)(=O)=O)c2)CCN1c1ncc(Br)c(C(F)(F)F)n1. The number of rotatable bonds is 4. The van der Waals surface area contributed by atoms with E-state index in [2.05, 4.69) is 25.9 Å². The number of hydrogen-bond donors (Lipinski definition) is 0. The van der Waals surface area contributed by atoms with Crippen molar-refractivity contribution in [3.63, 3.8) is 0 Å². The van der Waals surface area contributed by atoms with E-state index >= 15 is 0 Å². The van der Waals surface area contributed by atoms with Crippen LogP contribution in [0.5, 0.6) is 0 Å². The molecule has 0 bridgehead atoms. The van der Waals surface area contributed by atoms with E-state index in [1.807, 2.05) is 24.8 Å². The van der Waals surface area contributed by atoms with Gasteiger partial charge in [-0.1, -0.05) is 19.9 Å². The average Bonchev–Trinajstić information content (AvgIpc) is 2.66. The molecule has 0 spiro atoms. The van der Waals surface area contributed by atoms with Crippen LogP contribution in [0.15, 0.2) is 39.8 Å². The van der Waals surface area contributed by atoms with Gasteiger partial charge in [0, 0.05) is 37.8 Å². The lowest BCUT2D eigenvalue weighted by atomic mass is 9.99. The predicted octanol–water partition coefficient (Wildman–Crippen LogP) is 4.01. The second-order valence-corrected chi connectivity index (χ2v) is 10.5. The normalized spacial score (nSPS) is 18.2. The Bertz CT molecular complexity index is 1030. The number of anilines is 2. The number of alkyl halides is 3. The molecule has 1 aliphatic heterocycles. The van der Waals surface area contributed by atoms with E-state index < -0.39 is 21.7 Å². The molecule has 6 nitrogen and oxygen atoms in total. The molecular formula is C19H22BrF3N4O2S. The molecule has 2 aromatic rings. The summed E-state index contributed by atoms with van der Waals surface area (Å²) < 4.78 is 63.4. The van der Waals surface area contributed by atoms with Crippen LogP contribution < -0.4 is 9.80 Å². The fourth-order valence-electron chi connectivity index (χ4n) is 3.47. The second kappa shape index (κ2) is 8.33. The minimum absolute atomic E-state index is 0.0359. The molecule has 1 atom stereocenters. The van der Waals surface area contributed by atoms with Crippen molar-refractivity contribution < 1.29 is 21.6 Å². The molecule has 0 saturated carbocycles. The zero-order valence-corrected chi connectivity index (χ0v) is 19.1. The molecule has 0 radical (unpaired) electrons. The summed E-state index contributed by atoms with van der Waals surface area (Å²) in [6.07, 6.45) is -2.30. The van der Waals surface area contributed by atoms with Gasteiger partial charge in [-0.15, -0.1) is 0 Å². The fourth-order valence-corrected chi connectivity index (χ4v) is 4.55. The van der Waals surface area contributed by atoms with Crippen molar-refractivity contribution in [1.82, 2.24) is 9.97 Å². The van der Waals surface area contributed by atoms with Gasteiger partial charge in [0.15, 0.2) is 15.5 Å². The highest BCUT2D eigenvalue weighted by Gasteiger charge is 2.38. The van der Waals surface area contributed by atoms with Crippen LogP contribution in [0.1, 0.15) is 19.5 Å². The predicted molar refractivity (Wildman–Crippen MR) is 112 cm³/mol. The largest absolute Gasteiger partial charge is 0.434 e. The molecule has 0 N–H and O–H groups in total. The van der Waals surface area contributed by atoms with Crippen LogP contribution >= 0.6 is 15.9 Å². The van der Waals surface area contributed by atoms with Gasteiger partial charge in [0.1, 0.15) is 0 Å². The van der Waals surface area contributed by atoms with E-state index in [0.717, 1.165) is 18.1 Å². The Morgan fingerprint density at radius 3 is 2.53 bits per heavy atom. The highest BCUT2D eigenvalue weighted by molar-refractivity contribution is 9.10. The van der Waals surface area contributed by atoms with E-state index in [4.69, 9.17) is 0 Å². The Balaban J connectivity index is 1.91. The van der Waals surface area contributed by atoms with Crippen LogP contribution in [0.3, 0.4) is 0 Å². The van der Waals surface area contributed by atoms with Crippen molar-refractivity contribution in [3.05, 3.63) is 40.6 Å². The fraction of sp³-hybridized carbons (Fsp3) is 0.474. The molecule has 0 amide bonds. The minimum atomic E-state index is -4.59. The highest BCUT2D eigenvalue weighted by Crippen LogP contribution is 2.35. The van der Waals surface area contributed by atoms with Gasteiger partial charge < -0.3 is 9.80 Å². The van der Waals surface area contributed by atoms with E-state index in [-0.39, 0.29) is 27.3 Å². The first-order chi connectivity index (χ1) is 13.9. The molecule has 164 valence electrons. The smallest absolute Gasteiger partial charge is 0.368 e. The number of aromatic nitrogens is 2. The van der Waals surface area contributed by atoms with E-state index in [0.29, 0.717) is 19.6 Å². The first-order valence-corrected chi connectivity index (χ1v) is 12.0. The van der Waals surface area contributed by atoms with Crippen LogP contribution in [0.25, 0.3) is 0 Å². The summed E-state index contributed by atoms with van der Waals surface area (Å²) in [5.74, 6) is 0.140. The summed E-state index contributed by atoms with van der Waals surface area (Å²) in [5, 5.41) is 0. The Morgan fingerprint density at radius 1 is 1.23 bits per heavy atom. The molecule has 30 heavy (non-hydrogen) atoms. The third-order valence-corrected chi connectivity index (χ3v) is 6.75. The zero-order valence-electron chi connectivity index (χ0n) is 16.7. The number of halogens is 4. The van der Waals surface area contributed by atoms with Gasteiger partial charge in [0.25, 0.3) is 0 Å². The van der Waals surface area contributed by atoms with Crippen LogP contribution in [0, 0.1) is 5.92 Å². The number of benzene rings is 1. The van der Waals surface area contributed by atoms with Gasteiger partial charge >= 0.3 is 6.18 Å². The van der Waals surface area contributed by atoms with Gasteiger partial charge in [0.05, 0.1) is 15.4 Å². The lowest BCUT2D eigenvalue weighted by Gasteiger charge is -2.44. The summed E-state index contributed by atoms with van der Waals surface area (Å²) in [7, 11) is -3.34. The summed E-state index contributed by atoms with van der Waals surface area (Å²) >= 11 is 2.88. The van der Waals surface area contributed by atoms with Gasteiger partial charge in [0.2, 0.25) is 5.95 Å². The Hall–Kier alpha value is -1.88. The molecule has 3 rings (SSSR count). The summed E-state index contributed by atoms with van der Waals surface area (Å²) in [4.78, 5) is 12.0. The Kier molecular flexibility index (Phi) is 6.33. The summed E-state index contributed by atoms with van der Waals surface area (Å²) in [6.45, 7) is 5.38. The lowest BCUT2D eigenvalue weighted by molar-refractivity contribution is -0.141. The van der Waals surface area contributed by atoms with Crippen molar-refractivity contribution in [3.8, 4) is 0 Å². The maximum atomic E-state index is 13.3. The van der Waals surface area contributed by atoms with Crippen molar-refractivity contribution in [2.24, 2.45) is 5.92 Å². The first kappa shape index (κ1) is 22.8. The van der Waals surface area contributed by atoms with Gasteiger partial charge in [-0.3, -0.25) is 0 Å². The monoisotopic (exact) mass is 506 g/mol. The quantitative estimate of drug-likeness (QED) is 0.623. The molecule has 1 aromatic heterocycles. The standard InChI is InChI=1S/C19H22BrF3N4O2S/c1-12(2)16-11-26(13-5-4-6-14(9-13)30(3,28)29)7-8-27(16)18-24-10-15(20)17(25-18)19(21,22)23/h4-6,9-10,12,16H,7-8,11H2,1-3H3/t16-/m0/s1. The summed E-state index contributed by atoms with van der Waals surface area (Å²) in [6, 6.07) is 6.54. The highest BCUT2D eigenvalue weighted by atomic mass is 79.9. The average molecular weight is 507 g/mol. The number of piperazine rings is 1. The van der Waals surface area contributed by atoms with E-state index in [1.54, 1.807) is 23.1 Å². The molecule has 1 aromatic carbocycles. The zero-order chi connectivity index (χ0) is 22.3. The molecule has 11 heteroatoms. The number of hydrogen-bond acceptors (Lipinski definition) is 6. The molecule has 1 saturated heterocycles. The van der Waals surface area contributed by atoms with Crippen molar-refractivity contribution in [2.45, 2.75) is 31.0 Å². The maximum Gasteiger partial charge on any atom is 0.434 e. The first-order valence-electron chi connectivity index (χ1n) is 9.29. The van der Waals surface area contributed by atoms with E-state index in [1.165, 1.54) is 0 Å². The minimum Gasteiger partial charge on any atom is -0.368 e. The van der Waals surface area contributed by atoms with Crippen molar-refractivity contribution in [2.75, 3.05) is 35.7 Å². The molecule has 1 aliphatic rings. The molecule has 2 heterocycles. The van der Waals surface area contributed by atoms with Crippen molar-refractivity contribution in [1.29, 1.82) is 0 Å². The topological polar surface area (TPSA) is 66.4 Å². The maximum absolute atomic E-state index is 13.3. The molecule has 1 fully saturated rings. The third kappa shape index (κ3) is 4.88. The molecule has 0 unspecified atom stereocenters. The van der Waals surface area contributed by atoms with Crippen LogP contribution in [-0.4, -0.2) is 50.3 Å². The second-order valence-electron chi connectivity index (χ2n) is 7.58. The van der Waals surface area contributed by atoms with Crippen LogP contribution in [0.2, 0.25) is 0 Å². The van der Waals surface area contributed by atoms with Gasteiger partial charge in [-0.05, 0) is 40.0 Å². The summed E-state index contributed by atoms with van der Waals surface area (Å²) in [5.41, 5.74) is -0.241. The lowest BCUT2D eigenvalue weighted by Crippen LogP contribution is -2.56. The number of nitrogens with zero attached hydrogens (tertiary/aromatic N) is 4. The van der Waals surface area contributed by atoms with Gasteiger partial charge in [-0.2, -0.15) is 13.2 Å². The van der Waals surface area contributed by atoms with Gasteiger partial charge in [-0.25, -0.2) is 18.4 Å². The molecule has 0 aliphatic carbocycles. The Labute approximate surface area is 182 Å². The third-order valence-electron chi connectivity index (χ3n) is 5.06. The van der Waals surface area contributed by atoms with Crippen molar-refractivity contribution >= 4 is 37.4 Å². The van der Waals surface area contributed by atoms with E-state index in [9.17, 15) is 21.6 Å². The Morgan fingerprint density at radius 2 is 1.93 bits per heavy atom. The number of sulfone groups is 1.